The van der Waals surface area contributed by atoms with Gasteiger partial charge in [0, 0.05) is 25.7 Å². The van der Waals surface area contributed by atoms with Crippen molar-refractivity contribution < 1.29 is 4.79 Å². The second-order valence-corrected chi connectivity index (χ2v) is 7.29. The van der Waals surface area contributed by atoms with Gasteiger partial charge in [0.15, 0.2) is 0 Å². The van der Waals surface area contributed by atoms with E-state index in [-0.39, 0.29) is 11.9 Å². The molecule has 21 heavy (non-hydrogen) atoms. The van der Waals surface area contributed by atoms with E-state index in [4.69, 9.17) is 0 Å². The van der Waals surface area contributed by atoms with Crippen LogP contribution in [-0.4, -0.2) is 49.1 Å². The van der Waals surface area contributed by atoms with Crippen LogP contribution in [0.15, 0.2) is 0 Å². The number of hydrogen-bond acceptors (Lipinski definition) is 3. The molecule has 0 spiro atoms. The third-order valence-corrected chi connectivity index (χ3v) is 4.17. The summed E-state index contributed by atoms with van der Waals surface area (Å²) in [6.45, 7) is 14.7. The molecule has 1 fully saturated rings. The lowest BCUT2D eigenvalue weighted by molar-refractivity contribution is -0.126. The van der Waals surface area contributed by atoms with E-state index in [1.54, 1.807) is 0 Å². The molecule has 124 valence electrons. The highest BCUT2D eigenvalue weighted by molar-refractivity contribution is 5.81. The fourth-order valence-electron chi connectivity index (χ4n) is 2.85. The first kappa shape index (κ1) is 18.4. The molecule has 1 heterocycles. The number of carbonyl (C=O) groups is 1. The number of rotatable bonds is 9. The monoisotopic (exact) mass is 297 g/mol. The van der Waals surface area contributed by atoms with Crippen LogP contribution in [0.5, 0.6) is 0 Å². The van der Waals surface area contributed by atoms with E-state index in [1.165, 1.54) is 12.8 Å². The zero-order valence-electron chi connectivity index (χ0n) is 14.6. The van der Waals surface area contributed by atoms with E-state index in [2.05, 4.69) is 43.2 Å². The Bertz CT molecular complexity index is 298. The molecule has 1 amide bonds. The first-order chi connectivity index (χ1) is 9.90. The fourth-order valence-corrected chi connectivity index (χ4v) is 2.85. The van der Waals surface area contributed by atoms with Gasteiger partial charge in [-0.15, -0.1) is 0 Å². The number of nitrogens with one attached hydrogen (secondary N) is 2. The maximum Gasteiger partial charge on any atom is 0.237 e. The van der Waals surface area contributed by atoms with Crippen LogP contribution >= 0.6 is 0 Å². The van der Waals surface area contributed by atoms with Crippen LogP contribution < -0.4 is 10.6 Å². The summed E-state index contributed by atoms with van der Waals surface area (Å²) in [5, 5.41) is 6.63. The molecule has 4 nitrogen and oxygen atoms in total. The van der Waals surface area contributed by atoms with Gasteiger partial charge in [-0.2, -0.15) is 0 Å². The van der Waals surface area contributed by atoms with Gasteiger partial charge in [0.25, 0.3) is 0 Å². The maximum atomic E-state index is 12.3. The second-order valence-electron chi connectivity index (χ2n) is 7.29. The van der Waals surface area contributed by atoms with Gasteiger partial charge in [0.1, 0.15) is 0 Å². The average molecular weight is 297 g/mol. The van der Waals surface area contributed by atoms with Gasteiger partial charge in [-0.25, -0.2) is 0 Å². The molecular formula is C17H35N3O. The average Bonchev–Trinajstić information content (AvgIpc) is 2.88. The van der Waals surface area contributed by atoms with Crippen LogP contribution in [-0.2, 0) is 4.79 Å². The summed E-state index contributed by atoms with van der Waals surface area (Å²) in [5.74, 6) is 1.39. The quantitative estimate of drug-likeness (QED) is 0.686. The van der Waals surface area contributed by atoms with Crippen LogP contribution in [0.3, 0.4) is 0 Å². The van der Waals surface area contributed by atoms with Crippen molar-refractivity contribution in [3.8, 4) is 0 Å². The van der Waals surface area contributed by atoms with Gasteiger partial charge in [-0.3, -0.25) is 9.69 Å². The molecule has 2 N–H and O–H groups in total. The van der Waals surface area contributed by atoms with E-state index >= 15 is 0 Å². The molecule has 0 radical (unpaired) electrons. The Labute approximate surface area is 131 Å². The number of amides is 1. The molecule has 4 heteroatoms. The summed E-state index contributed by atoms with van der Waals surface area (Å²) in [4.78, 5) is 14.7. The van der Waals surface area contributed by atoms with Gasteiger partial charge >= 0.3 is 0 Å². The highest BCUT2D eigenvalue weighted by Crippen LogP contribution is 2.12. The Hall–Kier alpha value is -0.610. The zero-order chi connectivity index (χ0) is 15.8. The van der Waals surface area contributed by atoms with Crippen molar-refractivity contribution in [3.05, 3.63) is 0 Å². The molecule has 1 rings (SSSR count). The van der Waals surface area contributed by atoms with E-state index in [0.717, 1.165) is 32.6 Å². The summed E-state index contributed by atoms with van der Waals surface area (Å²) >= 11 is 0. The normalized spacial score (nSPS) is 20.5. The van der Waals surface area contributed by atoms with E-state index in [0.29, 0.717) is 17.9 Å². The Kier molecular flexibility index (Phi) is 8.27. The standard InChI is InChI=1S/C17H35N3O/c1-13(2)8-10-19-17(21)15(5)20(11-14(3)4)12-16-7-6-9-18-16/h13-16,18H,6-12H2,1-5H3,(H,19,21). The molecular weight excluding hydrogens is 262 g/mol. The topological polar surface area (TPSA) is 44.4 Å². The second kappa shape index (κ2) is 9.42. The Morgan fingerprint density at radius 3 is 2.48 bits per heavy atom. The molecule has 0 aliphatic carbocycles. The minimum atomic E-state index is -0.0398. The molecule has 2 unspecified atom stereocenters. The van der Waals surface area contributed by atoms with Gasteiger partial charge < -0.3 is 10.6 Å². The van der Waals surface area contributed by atoms with E-state index < -0.39 is 0 Å². The summed E-state index contributed by atoms with van der Waals surface area (Å²) in [6, 6.07) is 0.511. The zero-order valence-corrected chi connectivity index (χ0v) is 14.6. The smallest absolute Gasteiger partial charge is 0.237 e. The van der Waals surface area contributed by atoms with Crippen LogP contribution in [0.4, 0.5) is 0 Å². The largest absolute Gasteiger partial charge is 0.355 e. The Morgan fingerprint density at radius 1 is 1.24 bits per heavy atom. The van der Waals surface area contributed by atoms with Crippen molar-refractivity contribution in [1.82, 2.24) is 15.5 Å². The van der Waals surface area contributed by atoms with Crippen molar-refractivity contribution in [2.75, 3.05) is 26.2 Å². The van der Waals surface area contributed by atoms with Gasteiger partial charge in [-0.1, -0.05) is 27.7 Å². The third kappa shape index (κ3) is 7.28. The molecule has 0 aromatic carbocycles. The van der Waals surface area contributed by atoms with Crippen LogP contribution in [0.1, 0.15) is 53.9 Å². The lowest BCUT2D eigenvalue weighted by atomic mass is 10.1. The molecule has 1 aliphatic heterocycles. The van der Waals surface area contributed by atoms with Crippen LogP contribution in [0, 0.1) is 11.8 Å². The highest BCUT2D eigenvalue weighted by atomic mass is 16.2. The number of nitrogens with zero attached hydrogens (tertiary/aromatic N) is 1. The maximum absolute atomic E-state index is 12.3. The van der Waals surface area contributed by atoms with Gasteiger partial charge in [0.05, 0.1) is 6.04 Å². The molecule has 0 bridgehead atoms. The fraction of sp³-hybridized carbons (Fsp3) is 0.941. The summed E-state index contributed by atoms with van der Waals surface area (Å²) in [5.41, 5.74) is 0. The minimum Gasteiger partial charge on any atom is -0.355 e. The van der Waals surface area contributed by atoms with Crippen molar-refractivity contribution in [2.45, 2.75) is 66.0 Å². The predicted molar refractivity (Wildman–Crippen MR) is 89.4 cm³/mol. The Balaban J connectivity index is 2.48. The predicted octanol–water partition coefficient (Wildman–Crippen LogP) is 2.25. The van der Waals surface area contributed by atoms with Gasteiger partial charge in [0.2, 0.25) is 5.91 Å². The molecule has 0 aromatic heterocycles. The third-order valence-electron chi connectivity index (χ3n) is 4.17. The molecule has 0 saturated carbocycles. The summed E-state index contributed by atoms with van der Waals surface area (Å²) in [6.07, 6.45) is 3.54. The highest BCUT2D eigenvalue weighted by Gasteiger charge is 2.25. The van der Waals surface area contributed by atoms with Crippen molar-refractivity contribution >= 4 is 5.91 Å². The lowest BCUT2D eigenvalue weighted by Crippen LogP contribution is -2.50. The first-order valence-electron chi connectivity index (χ1n) is 8.65. The molecule has 0 aromatic rings. The van der Waals surface area contributed by atoms with Crippen molar-refractivity contribution in [2.24, 2.45) is 11.8 Å². The first-order valence-corrected chi connectivity index (χ1v) is 8.65. The lowest BCUT2D eigenvalue weighted by Gasteiger charge is -2.32. The van der Waals surface area contributed by atoms with E-state index in [9.17, 15) is 4.79 Å². The summed E-state index contributed by atoms with van der Waals surface area (Å²) in [7, 11) is 0. The molecule has 1 aliphatic rings. The number of carbonyl (C=O) groups excluding carboxylic acids is 1. The Morgan fingerprint density at radius 2 is 1.95 bits per heavy atom. The minimum absolute atomic E-state index is 0.0398. The van der Waals surface area contributed by atoms with Crippen molar-refractivity contribution in [3.63, 3.8) is 0 Å². The van der Waals surface area contributed by atoms with Crippen LogP contribution in [0.2, 0.25) is 0 Å². The van der Waals surface area contributed by atoms with Crippen molar-refractivity contribution in [1.29, 1.82) is 0 Å². The molecule has 1 saturated heterocycles. The summed E-state index contributed by atoms with van der Waals surface area (Å²) < 4.78 is 0. The number of hydrogen-bond donors (Lipinski definition) is 2. The van der Waals surface area contributed by atoms with Gasteiger partial charge in [-0.05, 0) is 44.6 Å². The van der Waals surface area contributed by atoms with Crippen LogP contribution in [0.25, 0.3) is 0 Å². The van der Waals surface area contributed by atoms with E-state index in [1.807, 2.05) is 6.92 Å². The molecule has 2 atom stereocenters. The SMILES string of the molecule is CC(C)CCNC(=O)C(C)N(CC(C)C)CC1CCCN1.